The largest absolute Gasteiger partial charge is 0.399 e. The van der Waals surface area contributed by atoms with Gasteiger partial charge in [-0.1, -0.05) is 0 Å². The minimum Gasteiger partial charge on any atom is -0.399 e. The van der Waals surface area contributed by atoms with E-state index in [4.69, 9.17) is 5.73 Å². The van der Waals surface area contributed by atoms with Gasteiger partial charge in [0.15, 0.2) is 0 Å². The van der Waals surface area contributed by atoms with Crippen LogP contribution in [0, 0.1) is 0 Å². The molecule has 2 rings (SSSR count). The Balaban J connectivity index is 2.84. The summed E-state index contributed by atoms with van der Waals surface area (Å²) >= 11 is 0. The molecule has 0 unspecified atom stereocenters. The molecule has 2 aromatic rings. The molecule has 1 aromatic carbocycles. The summed E-state index contributed by atoms with van der Waals surface area (Å²) in [6.45, 7) is 2.77. The Morgan fingerprint density at radius 1 is 1.38 bits per heavy atom. The highest BCUT2D eigenvalue weighted by atomic mass is 16.1. The molecule has 0 bridgehead atoms. The molecule has 16 heavy (non-hydrogen) atoms. The monoisotopic (exact) mass is 217 g/mol. The lowest BCUT2D eigenvalue weighted by molar-refractivity contribution is 0.906. The quantitative estimate of drug-likeness (QED) is 0.750. The van der Waals surface area contributed by atoms with Crippen molar-refractivity contribution in [1.29, 1.82) is 0 Å². The number of hydrogen-bond acceptors (Lipinski definition) is 3. The smallest absolute Gasteiger partial charge is 0.252 e. The minimum atomic E-state index is -0.0202. The summed E-state index contributed by atoms with van der Waals surface area (Å²) in [5.74, 6) is 0. The van der Waals surface area contributed by atoms with Crippen LogP contribution >= 0.6 is 0 Å². The van der Waals surface area contributed by atoms with Gasteiger partial charge in [-0.15, -0.1) is 0 Å². The highest BCUT2D eigenvalue weighted by Crippen LogP contribution is 2.23. The predicted octanol–water partition coefficient (Wildman–Crippen LogP) is 1.55. The van der Waals surface area contributed by atoms with Crippen LogP contribution in [0.25, 0.3) is 10.9 Å². The zero-order valence-corrected chi connectivity index (χ0v) is 9.45. The molecule has 0 aliphatic carbocycles. The average molecular weight is 217 g/mol. The third-order valence-corrected chi connectivity index (χ3v) is 2.64. The van der Waals surface area contributed by atoms with E-state index in [0.29, 0.717) is 5.69 Å². The number of nitrogen functional groups attached to an aromatic ring is 1. The van der Waals surface area contributed by atoms with Gasteiger partial charge in [0, 0.05) is 36.4 Å². The molecular weight excluding hydrogens is 202 g/mol. The van der Waals surface area contributed by atoms with Gasteiger partial charge in [0.25, 0.3) is 5.56 Å². The molecule has 0 radical (unpaired) electrons. The molecule has 84 valence electrons. The van der Waals surface area contributed by atoms with Crippen LogP contribution in [0.15, 0.2) is 29.1 Å². The van der Waals surface area contributed by atoms with E-state index in [0.717, 1.165) is 23.1 Å². The van der Waals surface area contributed by atoms with Gasteiger partial charge in [0.05, 0.1) is 5.52 Å². The summed E-state index contributed by atoms with van der Waals surface area (Å²) in [6.07, 6.45) is 0. The summed E-state index contributed by atoms with van der Waals surface area (Å²) in [7, 11) is 1.76. The Labute approximate surface area is 93.7 Å². The third kappa shape index (κ3) is 1.62. The summed E-state index contributed by atoms with van der Waals surface area (Å²) in [5, 5.41) is 4.15. The molecule has 0 saturated heterocycles. The van der Waals surface area contributed by atoms with E-state index in [1.165, 1.54) is 0 Å². The molecular formula is C12H15N3O. The lowest BCUT2D eigenvalue weighted by Gasteiger charge is -2.11. The molecule has 3 N–H and O–H groups in total. The molecule has 4 heteroatoms. The maximum Gasteiger partial charge on any atom is 0.252 e. The zero-order chi connectivity index (χ0) is 11.7. The maximum absolute atomic E-state index is 11.7. The lowest BCUT2D eigenvalue weighted by Crippen LogP contribution is -2.17. The van der Waals surface area contributed by atoms with Crippen molar-refractivity contribution in [3.63, 3.8) is 0 Å². The first-order chi connectivity index (χ1) is 7.63. The van der Waals surface area contributed by atoms with Crippen molar-refractivity contribution in [1.82, 2.24) is 4.57 Å². The highest BCUT2D eigenvalue weighted by Gasteiger charge is 2.05. The molecule has 4 nitrogen and oxygen atoms in total. The number of hydrogen-bond donors (Lipinski definition) is 2. The van der Waals surface area contributed by atoms with Crippen LogP contribution in [0.4, 0.5) is 11.4 Å². The van der Waals surface area contributed by atoms with Gasteiger partial charge in [-0.25, -0.2) is 0 Å². The number of anilines is 2. The van der Waals surface area contributed by atoms with Crippen molar-refractivity contribution in [3.8, 4) is 0 Å². The standard InChI is InChI=1S/C12H15N3O/c1-3-14-10-7-12(16)15(2)11-5-4-8(13)6-9(10)11/h4-7,14H,3,13H2,1-2H3. The second-order valence-corrected chi connectivity index (χ2v) is 3.76. The van der Waals surface area contributed by atoms with E-state index < -0.39 is 0 Å². The Morgan fingerprint density at radius 2 is 2.12 bits per heavy atom. The number of benzene rings is 1. The number of aromatic nitrogens is 1. The summed E-state index contributed by atoms with van der Waals surface area (Å²) in [4.78, 5) is 11.7. The van der Waals surface area contributed by atoms with E-state index in [9.17, 15) is 4.79 Å². The fourth-order valence-corrected chi connectivity index (χ4v) is 1.82. The molecule has 0 aliphatic rings. The van der Waals surface area contributed by atoms with Gasteiger partial charge in [-0.3, -0.25) is 4.79 Å². The van der Waals surface area contributed by atoms with E-state index in [1.54, 1.807) is 23.7 Å². The van der Waals surface area contributed by atoms with Crippen molar-refractivity contribution in [2.45, 2.75) is 6.92 Å². The molecule has 0 amide bonds. The van der Waals surface area contributed by atoms with Crippen LogP contribution in [-0.4, -0.2) is 11.1 Å². The Morgan fingerprint density at radius 3 is 2.81 bits per heavy atom. The van der Waals surface area contributed by atoms with Crippen molar-refractivity contribution in [2.24, 2.45) is 7.05 Å². The third-order valence-electron chi connectivity index (χ3n) is 2.64. The Hall–Kier alpha value is -1.97. The van der Waals surface area contributed by atoms with E-state index in [-0.39, 0.29) is 5.56 Å². The fraction of sp³-hybridized carbons (Fsp3) is 0.250. The van der Waals surface area contributed by atoms with Gasteiger partial charge in [-0.2, -0.15) is 0 Å². The molecule has 0 aliphatic heterocycles. The molecule has 0 saturated carbocycles. The summed E-state index contributed by atoms with van der Waals surface area (Å²) in [5.41, 5.74) is 8.17. The number of aryl methyl sites for hydroxylation is 1. The van der Waals surface area contributed by atoms with Crippen LogP contribution in [0.2, 0.25) is 0 Å². The summed E-state index contributed by atoms with van der Waals surface area (Å²) in [6, 6.07) is 7.16. The fourth-order valence-electron chi connectivity index (χ4n) is 1.82. The van der Waals surface area contributed by atoms with E-state index in [2.05, 4.69) is 5.32 Å². The Bertz CT molecular complexity index is 587. The van der Waals surface area contributed by atoms with Crippen LogP contribution in [0.1, 0.15) is 6.92 Å². The number of nitrogens with zero attached hydrogens (tertiary/aromatic N) is 1. The molecule has 0 atom stereocenters. The van der Waals surface area contributed by atoms with Gasteiger partial charge in [-0.05, 0) is 25.1 Å². The van der Waals surface area contributed by atoms with Crippen molar-refractivity contribution >= 4 is 22.3 Å². The second kappa shape index (κ2) is 3.89. The van der Waals surface area contributed by atoms with Gasteiger partial charge in [0.1, 0.15) is 0 Å². The van der Waals surface area contributed by atoms with Gasteiger partial charge >= 0.3 is 0 Å². The van der Waals surface area contributed by atoms with E-state index >= 15 is 0 Å². The Kier molecular flexibility index (Phi) is 2.56. The van der Waals surface area contributed by atoms with Crippen molar-refractivity contribution in [2.75, 3.05) is 17.6 Å². The lowest BCUT2D eigenvalue weighted by atomic mass is 10.1. The number of nitrogens with one attached hydrogen (secondary N) is 1. The molecule has 1 heterocycles. The number of rotatable bonds is 2. The second-order valence-electron chi connectivity index (χ2n) is 3.76. The van der Waals surface area contributed by atoms with Gasteiger partial charge < -0.3 is 15.6 Å². The van der Waals surface area contributed by atoms with Crippen LogP contribution in [-0.2, 0) is 7.05 Å². The van der Waals surface area contributed by atoms with Crippen LogP contribution in [0.3, 0.4) is 0 Å². The first-order valence-corrected chi connectivity index (χ1v) is 5.26. The first-order valence-electron chi connectivity index (χ1n) is 5.26. The average Bonchev–Trinajstić information content (AvgIpc) is 2.26. The van der Waals surface area contributed by atoms with Crippen molar-refractivity contribution < 1.29 is 0 Å². The van der Waals surface area contributed by atoms with Crippen LogP contribution < -0.4 is 16.6 Å². The molecule has 1 aromatic heterocycles. The molecule has 0 spiro atoms. The minimum absolute atomic E-state index is 0.0202. The highest BCUT2D eigenvalue weighted by molar-refractivity contribution is 5.93. The maximum atomic E-state index is 11.7. The van der Waals surface area contributed by atoms with E-state index in [1.807, 2.05) is 19.1 Å². The van der Waals surface area contributed by atoms with Gasteiger partial charge in [0.2, 0.25) is 0 Å². The number of pyridine rings is 1. The molecule has 0 fully saturated rings. The predicted molar refractivity (Wildman–Crippen MR) is 67.8 cm³/mol. The van der Waals surface area contributed by atoms with Crippen molar-refractivity contribution in [3.05, 3.63) is 34.6 Å². The topological polar surface area (TPSA) is 60.0 Å². The van der Waals surface area contributed by atoms with Crippen LogP contribution in [0.5, 0.6) is 0 Å². The first kappa shape index (κ1) is 10.5. The number of nitrogens with two attached hydrogens (primary N) is 1. The normalized spacial score (nSPS) is 10.6. The summed E-state index contributed by atoms with van der Waals surface area (Å²) < 4.78 is 1.62. The number of fused-ring (bicyclic) bond motifs is 1. The SMILES string of the molecule is CCNc1cc(=O)n(C)c2ccc(N)cc12. The zero-order valence-electron chi connectivity index (χ0n) is 9.45.